The highest BCUT2D eigenvalue weighted by molar-refractivity contribution is 7.89. The lowest BCUT2D eigenvalue weighted by Crippen LogP contribution is -2.48. The van der Waals surface area contributed by atoms with Crippen LogP contribution in [0, 0.1) is 6.92 Å². The number of aliphatic hydroxyl groups excluding tert-OH is 1. The Morgan fingerprint density at radius 2 is 2.00 bits per heavy atom. The van der Waals surface area contributed by atoms with Crippen molar-refractivity contribution in [3.05, 3.63) is 29.8 Å². The molecule has 0 radical (unpaired) electrons. The van der Waals surface area contributed by atoms with E-state index in [9.17, 15) is 14.5 Å². The minimum absolute atomic E-state index is 0.537. The van der Waals surface area contributed by atoms with Crippen LogP contribution in [0.2, 0.25) is 0 Å². The first-order chi connectivity index (χ1) is 8.45. The number of carbonyl (C=O) groups excluding carboxylic acids is 1. The van der Waals surface area contributed by atoms with Crippen molar-refractivity contribution in [1.82, 2.24) is 4.72 Å². The fourth-order valence-electron chi connectivity index (χ4n) is 1.32. The molecule has 0 aliphatic rings. The van der Waals surface area contributed by atoms with E-state index in [1.165, 1.54) is 14.0 Å². The van der Waals surface area contributed by atoms with Gasteiger partial charge in [-0.2, -0.15) is 0 Å². The van der Waals surface area contributed by atoms with E-state index in [4.69, 9.17) is 0 Å². The standard InChI is InChI=1S/C12H17NO4S/c1-8-4-6-10(7-5-8)18(16)13-11(9(2)14)12(15)17-3/h4-7,9,11,13-14H,1-3H3/t9?,11-,18?/m0/s1. The van der Waals surface area contributed by atoms with Crippen molar-refractivity contribution >= 4 is 17.3 Å². The second kappa shape index (κ2) is 6.75. The molecule has 2 unspecified atom stereocenters. The van der Waals surface area contributed by atoms with Crippen molar-refractivity contribution < 1.29 is 19.2 Å². The molecule has 18 heavy (non-hydrogen) atoms. The van der Waals surface area contributed by atoms with Gasteiger partial charge in [0.2, 0.25) is 0 Å². The number of benzene rings is 1. The number of esters is 1. The molecular formula is C12H17NO4S. The SMILES string of the molecule is COC(=O)[C@@H](N[S+]([O-])c1ccc(C)cc1)C(C)O. The Balaban J connectivity index is 2.75. The summed E-state index contributed by atoms with van der Waals surface area (Å²) in [5.74, 6) is -0.648. The molecule has 0 heterocycles. The van der Waals surface area contributed by atoms with Gasteiger partial charge in [-0.1, -0.05) is 17.7 Å². The summed E-state index contributed by atoms with van der Waals surface area (Å²) in [6.07, 6.45) is -0.994. The molecule has 0 amide bonds. The number of carbonyl (C=O) groups is 1. The van der Waals surface area contributed by atoms with E-state index in [0.717, 1.165) is 5.56 Å². The number of aryl methyl sites for hydroxylation is 1. The maximum atomic E-state index is 12.0. The summed E-state index contributed by atoms with van der Waals surface area (Å²) in [5.41, 5.74) is 1.05. The van der Waals surface area contributed by atoms with Crippen molar-refractivity contribution in [2.24, 2.45) is 0 Å². The third-order valence-electron chi connectivity index (χ3n) is 2.41. The normalized spacial score (nSPS) is 15.8. The van der Waals surface area contributed by atoms with Crippen LogP contribution < -0.4 is 4.72 Å². The molecule has 1 aromatic rings. The van der Waals surface area contributed by atoms with E-state index in [2.05, 4.69) is 9.46 Å². The predicted molar refractivity (Wildman–Crippen MR) is 68.2 cm³/mol. The number of hydrogen-bond donors (Lipinski definition) is 2. The van der Waals surface area contributed by atoms with Crippen molar-refractivity contribution in [2.75, 3.05) is 7.11 Å². The van der Waals surface area contributed by atoms with Gasteiger partial charge in [0, 0.05) is 0 Å². The predicted octanol–water partition coefficient (Wildman–Crippen LogP) is 0.530. The summed E-state index contributed by atoms with van der Waals surface area (Å²) in [5, 5.41) is 9.46. The van der Waals surface area contributed by atoms with Crippen LogP contribution in [0.25, 0.3) is 0 Å². The fraction of sp³-hybridized carbons (Fsp3) is 0.417. The first-order valence-corrected chi connectivity index (χ1v) is 6.61. The van der Waals surface area contributed by atoms with E-state index >= 15 is 0 Å². The molecule has 2 N–H and O–H groups in total. The van der Waals surface area contributed by atoms with Crippen LogP contribution in [-0.4, -0.2) is 34.9 Å². The van der Waals surface area contributed by atoms with E-state index in [-0.39, 0.29) is 0 Å². The van der Waals surface area contributed by atoms with Gasteiger partial charge >= 0.3 is 5.97 Å². The molecule has 5 nitrogen and oxygen atoms in total. The lowest BCUT2D eigenvalue weighted by Gasteiger charge is -2.20. The largest absolute Gasteiger partial charge is 0.593 e. The summed E-state index contributed by atoms with van der Waals surface area (Å²) < 4.78 is 19.1. The van der Waals surface area contributed by atoms with E-state index in [1.807, 2.05) is 19.1 Å². The van der Waals surface area contributed by atoms with Crippen LogP contribution in [0.15, 0.2) is 29.2 Å². The quantitative estimate of drug-likeness (QED) is 0.603. The first-order valence-electron chi connectivity index (χ1n) is 5.46. The van der Waals surface area contributed by atoms with Gasteiger partial charge in [-0.15, -0.1) is 4.72 Å². The highest BCUT2D eigenvalue weighted by Gasteiger charge is 2.30. The van der Waals surface area contributed by atoms with Crippen molar-refractivity contribution in [2.45, 2.75) is 30.9 Å². The van der Waals surface area contributed by atoms with Crippen LogP contribution in [0.4, 0.5) is 0 Å². The van der Waals surface area contributed by atoms with Gasteiger partial charge in [0.15, 0.2) is 10.9 Å². The maximum Gasteiger partial charge on any atom is 0.330 e. The molecule has 0 fully saturated rings. The number of rotatable bonds is 5. The van der Waals surface area contributed by atoms with Gasteiger partial charge < -0.3 is 14.4 Å². The maximum absolute atomic E-state index is 12.0. The fourth-order valence-corrected chi connectivity index (χ4v) is 2.36. The number of methoxy groups -OCH3 is 1. The smallest absolute Gasteiger partial charge is 0.330 e. The molecule has 0 saturated heterocycles. The van der Waals surface area contributed by atoms with Crippen LogP contribution >= 0.6 is 0 Å². The molecule has 3 atom stereocenters. The lowest BCUT2D eigenvalue weighted by atomic mass is 10.2. The van der Waals surface area contributed by atoms with Gasteiger partial charge in [0.25, 0.3) is 0 Å². The van der Waals surface area contributed by atoms with Crippen molar-refractivity contribution in [3.8, 4) is 0 Å². The van der Waals surface area contributed by atoms with Crippen LogP contribution in [0.5, 0.6) is 0 Å². The first kappa shape index (κ1) is 15.0. The minimum Gasteiger partial charge on any atom is -0.593 e. The Hall–Kier alpha value is -1.08. The number of ether oxygens (including phenoxy) is 1. The lowest BCUT2D eigenvalue weighted by molar-refractivity contribution is -0.145. The van der Waals surface area contributed by atoms with Crippen molar-refractivity contribution in [1.29, 1.82) is 0 Å². The Bertz CT molecular complexity index is 394. The van der Waals surface area contributed by atoms with E-state index < -0.39 is 29.5 Å². The third kappa shape index (κ3) is 3.99. The van der Waals surface area contributed by atoms with Gasteiger partial charge in [0.05, 0.1) is 24.6 Å². The minimum atomic E-state index is -1.58. The van der Waals surface area contributed by atoms with Crippen LogP contribution in [-0.2, 0) is 20.9 Å². The molecule has 6 heteroatoms. The molecule has 0 aliphatic heterocycles. The van der Waals surface area contributed by atoms with Crippen LogP contribution in [0.1, 0.15) is 12.5 Å². The second-order valence-electron chi connectivity index (χ2n) is 3.94. The summed E-state index contributed by atoms with van der Waals surface area (Å²) in [7, 11) is 1.22. The molecule has 0 aliphatic carbocycles. The Labute approximate surface area is 109 Å². The molecule has 0 aromatic heterocycles. The molecular weight excluding hydrogens is 254 g/mol. The molecule has 1 aromatic carbocycles. The zero-order chi connectivity index (χ0) is 13.7. The monoisotopic (exact) mass is 271 g/mol. The average Bonchev–Trinajstić information content (AvgIpc) is 2.35. The molecule has 0 spiro atoms. The van der Waals surface area contributed by atoms with E-state index in [0.29, 0.717) is 4.90 Å². The Morgan fingerprint density at radius 1 is 1.44 bits per heavy atom. The molecule has 0 saturated carbocycles. The molecule has 0 bridgehead atoms. The summed E-state index contributed by atoms with van der Waals surface area (Å²) >= 11 is -1.58. The van der Waals surface area contributed by atoms with Gasteiger partial charge in [-0.05, 0) is 26.0 Å². The Morgan fingerprint density at radius 3 is 2.44 bits per heavy atom. The third-order valence-corrected chi connectivity index (χ3v) is 3.57. The summed E-state index contributed by atoms with van der Waals surface area (Å²) in [4.78, 5) is 11.9. The number of aliphatic hydroxyl groups is 1. The van der Waals surface area contributed by atoms with Crippen LogP contribution in [0.3, 0.4) is 0 Å². The van der Waals surface area contributed by atoms with Crippen molar-refractivity contribution in [3.63, 3.8) is 0 Å². The zero-order valence-corrected chi connectivity index (χ0v) is 11.4. The average molecular weight is 271 g/mol. The second-order valence-corrected chi connectivity index (χ2v) is 5.19. The topological polar surface area (TPSA) is 81.6 Å². The van der Waals surface area contributed by atoms with E-state index in [1.54, 1.807) is 12.1 Å². The van der Waals surface area contributed by atoms with Gasteiger partial charge in [-0.25, -0.2) is 0 Å². The summed E-state index contributed by atoms with van der Waals surface area (Å²) in [6, 6.07) is 6.04. The number of hydrogen-bond acceptors (Lipinski definition) is 5. The number of nitrogens with one attached hydrogen (secondary N) is 1. The van der Waals surface area contributed by atoms with Gasteiger partial charge in [0.1, 0.15) is 0 Å². The molecule has 100 valence electrons. The zero-order valence-electron chi connectivity index (χ0n) is 10.5. The Kier molecular flexibility index (Phi) is 5.61. The summed E-state index contributed by atoms with van der Waals surface area (Å²) in [6.45, 7) is 3.36. The molecule has 1 rings (SSSR count). The van der Waals surface area contributed by atoms with Gasteiger partial charge in [-0.3, -0.25) is 4.79 Å². The highest BCUT2D eigenvalue weighted by atomic mass is 32.2. The highest BCUT2D eigenvalue weighted by Crippen LogP contribution is 2.11.